The Morgan fingerprint density at radius 1 is 0.811 bits per heavy atom. The maximum atomic E-state index is 13.6. The van der Waals surface area contributed by atoms with Crippen molar-refractivity contribution in [3.05, 3.63) is 96.3 Å². The van der Waals surface area contributed by atoms with E-state index in [9.17, 15) is 28.4 Å². The number of rotatable bonds is 15. The molecular formula is C36H39FN6O10. The van der Waals surface area contributed by atoms with Crippen molar-refractivity contribution >= 4 is 35.4 Å². The minimum atomic E-state index is -1.08. The number of amides is 1. The van der Waals surface area contributed by atoms with Gasteiger partial charge < -0.3 is 35.8 Å². The van der Waals surface area contributed by atoms with Crippen LogP contribution in [0.2, 0.25) is 0 Å². The van der Waals surface area contributed by atoms with Gasteiger partial charge in [0.1, 0.15) is 23.8 Å². The molecule has 0 spiro atoms. The average molecular weight is 735 g/mol. The van der Waals surface area contributed by atoms with Crippen LogP contribution in [-0.4, -0.2) is 94.9 Å². The van der Waals surface area contributed by atoms with E-state index in [2.05, 4.69) is 15.0 Å². The molecular weight excluding hydrogens is 695 g/mol. The van der Waals surface area contributed by atoms with Gasteiger partial charge in [-0.1, -0.05) is 18.2 Å². The normalized spacial score (nSPS) is 10.5. The molecule has 0 aliphatic rings. The Kier molecular flexibility index (Phi) is 15.2. The number of hydrogen-bond donors (Lipinski definition) is 5. The molecule has 2 aromatic carbocycles. The highest BCUT2D eigenvalue weighted by atomic mass is 19.1. The number of fused-ring (bicyclic) bond motifs is 1. The van der Waals surface area contributed by atoms with Crippen molar-refractivity contribution in [2.75, 3.05) is 20.6 Å². The van der Waals surface area contributed by atoms with Crippen LogP contribution in [0.3, 0.4) is 0 Å². The van der Waals surface area contributed by atoms with Gasteiger partial charge in [-0.3, -0.25) is 33.1 Å². The zero-order valence-electron chi connectivity index (χ0n) is 28.9. The summed E-state index contributed by atoms with van der Waals surface area (Å²) in [5.74, 6) is -4.93. The maximum Gasteiger partial charge on any atom is 0.303 e. The molecule has 0 radical (unpaired) electrons. The molecule has 0 fully saturated rings. The van der Waals surface area contributed by atoms with Crippen molar-refractivity contribution < 1.29 is 53.5 Å². The number of carboxylic acids is 4. The van der Waals surface area contributed by atoms with E-state index in [0.29, 0.717) is 11.3 Å². The lowest BCUT2D eigenvalue weighted by molar-refractivity contribution is -0.143. The fourth-order valence-electron chi connectivity index (χ4n) is 4.53. The number of benzene rings is 2. The molecule has 3 heterocycles. The van der Waals surface area contributed by atoms with Crippen LogP contribution in [0.25, 0.3) is 28.0 Å². The first kappa shape index (κ1) is 40.8. The molecule has 1 amide bonds. The van der Waals surface area contributed by atoms with Gasteiger partial charge in [-0.05, 0) is 61.6 Å². The third-order valence-electron chi connectivity index (χ3n) is 7.19. The summed E-state index contributed by atoms with van der Waals surface area (Å²) in [5.41, 5.74) is 10.9. The molecule has 5 rings (SSSR count). The summed E-state index contributed by atoms with van der Waals surface area (Å²) in [5, 5.41) is 36.1. The number of ether oxygens (including phenoxy) is 1. The number of carbonyl (C=O) groups is 5. The summed E-state index contributed by atoms with van der Waals surface area (Å²) in [6.45, 7) is 1.82. The average Bonchev–Trinajstić information content (AvgIpc) is 3.76. The number of carboxylic acid groups (broad SMARTS) is 4. The van der Waals surface area contributed by atoms with Crippen LogP contribution < -0.4 is 10.5 Å². The van der Waals surface area contributed by atoms with Gasteiger partial charge in [0.2, 0.25) is 0 Å². The molecule has 0 saturated heterocycles. The molecule has 0 atom stereocenters. The van der Waals surface area contributed by atoms with E-state index in [1.165, 1.54) is 12.1 Å². The number of hydrogen-bond acceptors (Lipinski definition) is 9. The number of carbonyl (C=O) groups excluding carboxylic acids is 1. The Labute approximate surface area is 302 Å². The first-order valence-corrected chi connectivity index (χ1v) is 16.0. The first-order chi connectivity index (χ1) is 25.1. The van der Waals surface area contributed by atoms with Crippen LogP contribution in [0.1, 0.15) is 41.6 Å². The number of likely N-dealkylation sites (N-methyl/N-ethyl adjacent to an activating group) is 1. The number of aliphatic carboxylic acids is 4. The van der Waals surface area contributed by atoms with Gasteiger partial charge in [-0.2, -0.15) is 5.10 Å². The van der Waals surface area contributed by atoms with Crippen molar-refractivity contribution in [2.24, 2.45) is 5.73 Å². The van der Waals surface area contributed by atoms with E-state index in [-0.39, 0.29) is 43.7 Å². The van der Waals surface area contributed by atoms with E-state index in [1.54, 1.807) is 36.5 Å². The lowest BCUT2D eigenvalue weighted by Gasteiger charge is -2.12. The van der Waals surface area contributed by atoms with Crippen LogP contribution in [0.4, 0.5) is 4.39 Å². The summed E-state index contributed by atoms with van der Waals surface area (Å²) < 4.78 is 23.3. The molecule has 280 valence electrons. The second-order valence-electron chi connectivity index (χ2n) is 11.7. The Bertz CT molecular complexity index is 2000. The standard InChI is InChI=1S/C28H27FN6O2.2C4H6O4/c1-33(2)10-11-34-17-22(15-32-34)20-8-9-35-25(16-31-27(35)14-20)21-6-7-24(28(30)36)26(13-21)37-18-19-4-3-5-23(29)12-19;2*5-3(6)1-2-4(7)8/h3-9,12-17H,10-11,18H2,1-2H3,(H2,30,36);2*1-2H2,(H,5,6)(H,7,8). The van der Waals surface area contributed by atoms with Crippen LogP contribution in [0.5, 0.6) is 5.75 Å². The number of halogens is 1. The predicted molar refractivity (Wildman–Crippen MR) is 189 cm³/mol. The molecule has 0 aliphatic carbocycles. The van der Waals surface area contributed by atoms with Crippen molar-refractivity contribution in [1.82, 2.24) is 24.1 Å². The largest absolute Gasteiger partial charge is 0.488 e. The molecule has 16 nitrogen and oxygen atoms in total. The number of imidazole rings is 1. The molecule has 0 aliphatic heterocycles. The van der Waals surface area contributed by atoms with Gasteiger partial charge in [0.15, 0.2) is 0 Å². The van der Waals surface area contributed by atoms with E-state index in [4.69, 9.17) is 30.9 Å². The summed E-state index contributed by atoms with van der Waals surface area (Å²) in [4.78, 5) is 57.3. The van der Waals surface area contributed by atoms with Gasteiger partial charge in [-0.15, -0.1) is 0 Å². The van der Waals surface area contributed by atoms with Gasteiger partial charge in [-0.25, -0.2) is 9.37 Å². The molecule has 0 saturated carbocycles. The summed E-state index contributed by atoms with van der Waals surface area (Å²) in [7, 11) is 4.07. The predicted octanol–water partition coefficient (Wildman–Crippen LogP) is 4.12. The van der Waals surface area contributed by atoms with Crippen molar-refractivity contribution in [1.29, 1.82) is 0 Å². The SMILES string of the molecule is CN(C)CCn1cc(-c2ccn3c(-c4ccc(C(N)=O)c(OCc5cccc(F)c5)c4)cnc3c2)cn1.O=C(O)CCC(=O)O.O=C(O)CCC(=O)O. The second-order valence-corrected chi connectivity index (χ2v) is 11.7. The van der Waals surface area contributed by atoms with Crippen LogP contribution in [-0.2, 0) is 32.3 Å². The zero-order valence-corrected chi connectivity index (χ0v) is 28.9. The Balaban J connectivity index is 0.000000395. The third-order valence-corrected chi connectivity index (χ3v) is 7.19. The monoisotopic (exact) mass is 734 g/mol. The van der Waals surface area contributed by atoms with E-state index < -0.39 is 29.8 Å². The number of primary amides is 1. The van der Waals surface area contributed by atoms with E-state index in [0.717, 1.165) is 41.1 Å². The number of nitrogens with zero attached hydrogens (tertiary/aromatic N) is 5. The van der Waals surface area contributed by atoms with E-state index in [1.807, 2.05) is 53.9 Å². The highest BCUT2D eigenvalue weighted by molar-refractivity contribution is 5.96. The summed E-state index contributed by atoms with van der Waals surface area (Å²) >= 11 is 0. The van der Waals surface area contributed by atoms with Crippen LogP contribution >= 0.6 is 0 Å². The lowest BCUT2D eigenvalue weighted by atomic mass is 10.1. The van der Waals surface area contributed by atoms with Crippen molar-refractivity contribution in [3.8, 4) is 28.1 Å². The first-order valence-electron chi connectivity index (χ1n) is 16.0. The van der Waals surface area contributed by atoms with Gasteiger partial charge in [0.25, 0.3) is 5.91 Å². The van der Waals surface area contributed by atoms with Crippen molar-refractivity contribution in [2.45, 2.75) is 38.8 Å². The minimum Gasteiger partial charge on any atom is -0.488 e. The van der Waals surface area contributed by atoms with Crippen molar-refractivity contribution in [3.63, 3.8) is 0 Å². The number of aromatic nitrogens is 4. The fraction of sp³-hybridized carbons (Fsp3) is 0.250. The van der Waals surface area contributed by atoms with Gasteiger partial charge in [0, 0.05) is 30.1 Å². The molecule has 5 aromatic rings. The number of nitrogens with two attached hydrogens (primary N) is 1. The van der Waals surface area contributed by atoms with E-state index >= 15 is 0 Å². The summed E-state index contributed by atoms with van der Waals surface area (Å²) in [6.07, 6.45) is 6.43. The molecule has 3 aromatic heterocycles. The molecule has 53 heavy (non-hydrogen) atoms. The topological polar surface area (TPSA) is 240 Å². The lowest BCUT2D eigenvalue weighted by Crippen LogP contribution is -2.18. The highest BCUT2D eigenvalue weighted by Crippen LogP contribution is 2.30. The van der Waals surface area contributed by atoms with Crippen LogP contribution in [0.15, 0.2) is 79.4 Å². The highest BCUT2D eigenvalue weighted by Gasteiger charge is 2.15. The zero-order chi connectivity index (χ0) is 39.1. The second kappa shape index (κ2) is 19.7. The molecule has 17 heteroatoms. The van der Waals surface area contributed by atoms with Gasteiger partial charge in [0.05, 0.1) is 55.9 Å². The Morgan fingerprint density at radius 3 is 2.02 bits per heavy atom. The van der Waals surface area contributed by atoms with Gasteiger partial charge >= 0.3 is 23.9 Å². The minimum absolute atomic E-state index is 0.0975. The maximum absolute atomic E-state index is 13.6. The molecule has 0 bridgehead atoms. The van der Waals surface area contributed by atoms with Crippen LogP contribution in [0, 0.1) is 5.82 Å². The smallest absolute Gasteiger partial charge is 0.303 e. The fourth-order valence-corrected chi connectivity index (χ4v) is 4.53. The third kappa shape index (κ3) is 13.6. The quantitative estimate of drug-likeness (QED) is 0.102. The molecule has 0 unspecified atom stereocenters. The number of pyridine rings is 1. The summed E-state index contributed by atoms with van der Waals surface area (Å²) in [6, 6.07) is 15.3. The molecule has 6 N–H and O–H groups in total. The Morgan fingerprint density at radius 2 is 1.45 bits per heavy atom. The Hall–Kier alpha value is -6.62.